The SMILES string of the molecule is CCCCCCCCOC(=O)CC(C(=O)OCCCCCCCC)S(=O)(=O)[O-].O=[N+]1C=CCON1.[H-].[Na+]. The van der Waals surface area contributed by atoms with Crippen LogP contribution in [0.3, 0.4) is 0 Å². The van der Waals surface area contributed by atoms with E-state index in [2.05, 4.69) is 24.3 Å². The molecule has 0 amide bonds. The van der Waals surface area contributed by atoms with Gasteiger partial charge in [-0.1, -0.05) is 78.1 Å². The molecular weight excluding hydrogens is 503 g/mol. The van der Waals surface area contributed by atoms with Crippen LogP contribution >= 0.6 is 0 Å². The van der Waals surface area contributed by atoms with E-state index >= 15 is 0 Å². The van der Waals surface area contributed by atoms with Gasteiger partial charge in [0, 0.05) is 6.08 Å². The van der Waals surface area contributed by atoms with Crippen molar-refractivity contribution in [2.45, 2.75) is 103 Å². The molecule has 1 unspecified atom stereocenters. The monoisotopic (exact) mass is 546 g/mol. The third-order valence-corrected chi connectivity index (χ3v) is 6.10. The van der Waals surface area contributed by atoms with E-state index in [1.165, 1.54) is 12.6 Å². The summed E-state index contributed by atoms with van der Waals surface area (Å²) in [6.45, 7) is 4.90. The average Bonchev–Trinajstić information content (AvgIpc) is 2.81. The summed E-state index contributed by atoms with van der Waals surface area (Å²) in [7, 11) is -4.98. The van der Waals surface area contributed by atoms with Gasteiger partial charge in [-0.2, -0.15) is 0 Å². The molecule has 1 rings (SSSR count). The summed E-state index contributed by atoms with van der Waals surface area (Å²) >= 11 is 0. The Bertz CT molecular complexity index is 740. The molecule has 1 aliphatic rings. The predicted octanol–water partition coefficient (Wildman–Crippen LogP) is 0.943. The molecule has 1 aliphatic heterocycles. The fourth-order valence-electron chi connectivity index (χ4n) is 3.05. The van der Waals surface area contributed by atoms with Gasteiger partial charge in [-0.25, -0.2) is 13.3 Å². The number of hydrazine groups is 1. The van der Waals surface area contributed by atoms with Crippen molar-refractivity contribution in [2.24, 2.45) is 0 Å². The number of hydrogen-bond acceptors (Lipinski definition) is 9. The number of carbonyl (C=O) groups is 2. The molecule has 1 heterocycles. The fourth-order valence-corrected chi connectivity index (χ4v) is 3.69. The maximum absolute atomic E-state index is 11.9. The molecule has 36 heavy (non-hydrogen) atoms. The number of esters is 2. The molecule has 206 valence electrons. The zero-order chi connectivity index (χ0) is 26.4. The maximum atomic E-state index is 11.9. The van der Waals surface area contributed by atoms with Crippen LogP contribution in [0.25, 0.3) is 0 Å². The number of ether oxygens (including phenoxy) is 2. The van der Waals surface area contributed by atoms with Crippen LogP contribution in [0.5, 0.6) is 0 Å². The van der Waals surface area contributed by atoms with Crippen LogP contribution < -0.4 is 35.1 Å². The van der Waals surface area contributed by atoms with Crippen molar-refractivity contribution in [1.29, 1.82) is 0 Å². The van der Waals surface area contributed by atoms with Gasteiger partial charge < -0.3 is 15.5 Å². The van der Waals surface area contributed by atoms with Crippen molar-refractivity contribution in [1.82, 2.24) is 5.59 Å². The molecule has 13 heteroatoms. The number of carbonyl (C=O) groups excluding carboxylic acids is 2. The van der Waals surface area contributed by atoms with Crippen LogP contribution in [-0.2, 0) is 34.0 Å². The van der Waals surface area contributed by atoms with Gasteiger partial charge in [-0.15, -0.1) is 0 Å². The Kier molecular flexibility index (Phi) is 25.0. The van der Waals surface area contributed by atoms with Gasteiger partial charge in [0.05, 0.1) is 24.5 Å². The first-order valence-electron chi connectivity index (χ1n) is 12.5. The molecule has 0 aromatic rings. The van der Waals surface area contributed by atoms with Crippen molar-refractivity contribution in [3.05, 3.63) is 17.2 Å². The molecule has 0 aromatic carbocycles. The van der Waals surface area contributed by atoms with Gasteiger partial charge in [0.15, 0.2) is 10.1 Å². The predicted molar refractivity (Wildman–Crippen MR) is 130 cm³/mol. The second-order valence-corrected chi connectivity index (χ2v) is 9.78. The summed E-state index contributed by atoms with van der Waals surface area (Å²) in [5.41, 5.74) is 2.07. The van der Waals surface area contributed by atoms with E-state index in [0.29, 0.717) is 24.3 Å². The second kappa shape index (κ2) is 24.3. The van der Waals surface area contributed by atoms with E-state index in [1.54, 1.807) is 6.08 Å². The quantitative estimate of drug-likeness (QED) is 0.0865. The van der Waals surface area contributed by atoms with Crippen LogP contribution in [0.15, 0.2) is 12.3 Å². The van der Waals surface area contributed by atoms with Crippen molar-refractivity contribution >= 4 is 22.1 Å². The first kappa shape index (κ1) is 37.1. The molecule has 0 spiro atoms. The molecule has 0 fully saturated rings. The molecule has 0 bridgehead atoms. The third kappa shape index (κ3) is 22.2. The Morgan fingerprint density at radius 3 is 1.89 bits per heavy atom. The third-order valence-electron chi connectivity index (χ3n) is 5.04. The molecule has 0 saturated carbocycles. The molecule has 0 saturated heterocycles. The van der Waals surface area contributed by atoms with Crippen LogP contribution in [0.1, 0.15) is 98.7 Å². The Balaban J connectivity index is -0.00000110. The number of nitroso groups, excluding NO2 is 1. The summed E-state index contributed by atoms with van der Waals surface area (Å²) in [5.74, 6) is -2.03. The minimum atomic E-state index is -4.98. The molecule has 0 radical (unpaired) electrons. The standard InChI is InChI=1S/C20H38O7S.C3H5N2O2.Na.H/c1-3-5-7-9-11-13-15-26-19(21)17-18(28(23,24)25)20(22)27-16-14-12-10-8-6-4-2;6-5-2-1-3-7-4-5;;/h18H,3-17H2,1-2H3,(H,23,24,25);1-2H,3H2,(H,4,6);;/q;2*+1;-1/p-1. The van der Waals surface area contributed by atoms with Crippen LogP contribution in [0.4, 0.5) is 0 Å². The Morgan fingerprint density at radius 1 is 0.972 bits per heavy atom. The fraction of sp³-hybridized carbons (Fsp3) is 0.826. The van der Waals surface area contributed by atoms with Crippen molar-refractivity contribution in [3.63, 3.8) is 0 Å². The first-order valence-corrected chi connectivity index (χ1v) is 14.0. The van der Waals surface area contributed by atoms with Gasteiger partial charge >= 0.3 is 41.5 Å². The number of nitrogens with one attached hydrogen (secondary N) is 1. The number of hydrogen-bond donors (Lipinski definition) is 1. The molecule has 1 N–H and O–H groups in total. The Morgan fingerprint density at radius 2 is 1.47 bits per heavy atom. The summed E-state index contributed by atoms with van der Waals surface area (Å²) in [6.07, 6.45) is 14.1. The van der Waals surface area contributed by atoms with Gasteiger partial charge in [-0.3, -0.25) is 9.59 Å². The summed E-state index contributed by atoms with van der Waals surface area (Å²) in [6, 6.07) is 0. The first-order chi connectivity index (χ1) is 16.7. The van der Waals surface area contributed by atoms with E-state index < -0.39 is 33.7 Å². The molecule has 0 aliphatic carbocycles. The zero-order valence-corrected chi connectivity index (χ0v) is 24.9. The Hall–Kier alpha value is -1.05. The van der Waals surface area contributed by atoms with Crippen LogP contribution in [-0.4, -0.2) is 54.8 Å². The van der Waals surface area contributed by atoms with Crippen LogP contribution in [0.2, 0.25) is 0 Å². The topological polar surface area (TPSA) is 151 Å². The molecule has 11 nitrogen and oxygen atoms in total. The Labute approximate surface area is 239 Å². The van der Waals surface area contributed by atoms with E-state index in [1.807, 2.05) is 0 Å². The van der Waals surface area contributed by atoms with Crippen molar-refractivity contribution in [2.75, 3.05) is 19.8 Å². The molecule has 1 atom stereocenters. The number of rotatable bonds is 18. The van der Waals surface area contributed by atoms with Gasteiger partial charge in [0.1, 0.15) is 16.7 Å². The number of nitrogens with zero attached hydrogens (tertiary/aromatic N) is 1. The average molecular weight is 547 g/mol. The van der Waals surface area contributed by atoms with Crippen LogP contribution in [0, 0.1) is 4.91 Å². The van der Waals surface area contributed by atoms with E-state index in [9.17, 15) is 27.5 Å². The largest absolute Gasteiger partial charge is 1.00 e. The maximum Gasteiger partial charge on any atom is 1.00 e. The van der Waals surface area contributed by atoms with Crippen molar-refractivity contribution in [3.8, 4) is 0 Å². The van der Waals surface area contributed by atoms with Gasteiger partial charge in [-0.05, 0) is 18.4 Å². The minimum absolute atomic E-state index is 0. The summed E-state index contributed by atoms with van der Waals surface area (Å²) in [4.78, 5) is 38.7. The van der Waals surface area contributed by atoms with E-state index in [4.69, 9.17) is 9.47 Å². The number of unbranched alkanes of at least 4 members (excludes halogenated alkanes) is 10. The molecular formula is C23H43N2NaO9S. The minimum Gasteiger partial charge on any atom is -1.00 e. The molecule has 0 aromatic heterocycles. The van der Waals surface area contributed by atoms with Gasteiger partial charge in [0.25, 0.3) is 6.20 Å². The van der Waals surface area contributed by atoms with Gasteiger partial charge in [0.2, 0.25) is 0 Å². The normalized spacial score (nSPS) is 13.5. The zero-order valence-electron chi connectivity index (χ0n) is 23.1. The smallest absolute Gasteiger partial charge is 1.00 e. The second-order valence-electron chi connectivity index (χ2n) is 8.22. The summed E-state index contributed by atoms with van der Waals surface area (Å²) < 4.78 is 43.8. The van der Waals surface area contributed by atoms with Crippen molar-refractivity contribution < 1.29 is 72.7 Å². The van der Waals surface area contributed by atoms with E-state index in [0.717, 1.165) is 57.8 Å². The van der Waals surface area contributed by atoms with E-state index in [-0.39, 0.29) is 44.2 Å². The summed E-state index contributed by atoms with van der Waals surface area (Å²) in [5, 5.41) is -2.04.